The quantitative estimate of drug-likeness (QED) is 0.0579. The Morgan fingerprint density at radius 2 is 1.71 bits per heavy atom. The van der Waals surface area contributed by atoms with Crippen molar-refractivity contribution in [2.45, 2.75) is 77.4 Å². The first-order valence-corrected chi connectivity index (χ1v) is 14.7. The second kappa shape index (κ2) is 16.3. The molecule has 1 aromatic heterocycles. The van der Waals surface area contributed by atoms with Crippen LogP contribution in [0.5, 0.6) is 5.75 Å². The third-order valence-electron chi connectivity index (χ3n) is 7.40. The summed E-state index contributed by atoms with van der Waals surface area (Å²) in [6.45, 7) is 2.29. The first kappa shape index (κ1) is 30.7. The van der Waals surface area contributed by atoms with E-state index >= 15 is 0 Å². The molecule has 0 radical (unpaired) electrons. The van der Waals surface area contributed by atoms with Gasteiger partial charge in [0.25, 0.3) is 5.09 Å². The molecule has 0 amide bonds. The van der Waals surface area contributed by atoms with Gasteiger partial charge in [0.2, 0.25) is 0 Å². The number of ether oxygens (including phenoxy) is 2. The number of aromatic nitrogens is 1. The van der Waals surface area contributed by atoms with Crippen LogP contribution in [-0.2, 0) is 25.8 Å². The lowest BCUT2D eigenvalue weighted by Crippen LogP contribution is -2.20. The van der Waals surface area contributed by atoms with E-state index in [0.717, 1.165) is 66.4 Å². The SMILES string of the molecule is C/C(=N/OC(c1ccc(OCc2ccc3ccccc3n2)cc1)C1CCCCC1)C(=O)OCCCCCCO[N+](=O)[O-]. The molecule has 1 heterocycles. The number of oxime groups is 1. The molecule has 4 rings (SSSR count). The Bertz CT molecular complexity index is 1320. The number of fused-ring (bicyclic) bond motifs is 1. The summed E-state index contributed by atoms with van der Waals surface area (Å²) in [5.41, 5.74) is 2.96. The normalized spacial score (nSPS) is 14.7. The standard InChI is InChI=1S/C32H39N3O7/c1-24(32(36)39-21-9-2-3-10-22-41-35(37)38)34-42-31(26-12-5-4-6-13-26)27-16-19-29(20-17-27)40-23-28-18-15-25-11-7-8-14-30(25)33-28/h7-8,11,14-20,26,31H,2-6,9-10,12-13,21-23H2,1H3/b34-24-. The Kier molecular flexibility index (Phi) is 11.9. The molecule has 42 heavy (non-hydrogen) atoms. The molecule has 10 nitrogen and oxygen atoms in total. The minimum absolute atomic E-state index is 0.0800. The summed E-state index contributed by atoms with van der Waals surface area (Å²) >= 11 is 0. The Morgan fingerprint density at radius 1 is 0.976 bits per heavy atom. The molecular formula is C32H39N3O7. The average Bonchev–Trinajstić information content (AvgIpc) is 3.02. The zero-order valence-corrected chi connectivity index (χ0v) is 24.1. The fourth-order valence-electron chi connectivity index (χ4n) is 5.09. The number of pyridine rings is 1. The molecule has 3 aromatic rings. The summed E-state index contributed by atoms with van der Waals surface area (Å²) in [7, 11) is 0. The van der Waals surface area contributed by atoms with Crippen LogP contribution < -0.4 is 4.74 Å². The number of carbonyl (C=O) groups is 1. The summed E-state index contributed by atoms with van der Waals surface area (Å²) < 4.78 is 11.3. The van der Waals surface area contributed by atoms with E-state index in [1.54, 1.807) is 6.92 Å². The molecule has 224 valence electrons. The van der Waals surface area contributed by atoms with E-state index in [-0.39, 0.29) is 25.0 Å². The van der Waals surface area contributed by atoms with E-state index in [2.05, 4.69) is 21.0 Å². The Morgan fingerprint density at radius 3 is 2.48 bits per heavy atom. The third-order valence-corrected chi connectivity index (χ3v) is 7.40. The lowest BCUT2D eigenvalue weighted by Gasteiger charge is -2.29. The van der Waals surface area contributed by atoms with E-state index in [1.165, 1.54) is 6.42 Å². The van der Waals surface area contributed by atoms with Gasteiger partial charge in [-0.05, 0) is 68.9 Å². The molecule has 0 aliphatic heterocycles. The smallest absolute Gasteiger partial charge is 0.355 e. The number of hydrogen-bond donors (Lipinski definition) is 0. The number of carbonyl (C=O) groups excluding carboxylic acids is 1. The molecule has 0 bridgehead atoms. The van der Waals surface area contributed by atoms with Crippen LogP contribution in [0.15, 0.2) is 65.8 Å². The molecule has 0 N–H and O–H groups in total. The monoisotopic (exact) mass is 577 g/mol. The molecule has 0 spiro atoms. The third kappa shape index (κ3) is 9.71. The summed E-state index contributed by atoms with van der Waals surface area (Å²) in [6.07, 6.45) is 8.11. The van der Waals surface area contributed by atoms with Gasteiger partial charge in [0.15, 0.2) is 11.8 Å². The average molecular weight is 578 g/mol. The van der Waals surface area contributed by atoms with Gasteiger partial charge in [-0.2, -0.15) is 0 Å². The van der Waals surface area contributed by atoms with E-state index in [9.17, 15) is 14.9 Å². The molecule has 1 atom stereocenters. The Balaban J connectivity index is 1.28. The summed E-state index contributed by atoms with van der Waals surface area (Å²) in [5, 5.41) is 14.6. The largest absolute Gasteiger partial charge is 0.487 e. The van der Waals surface area contributed by atoms with Gasteiger partial charge in [0, 0.05) is 11.3 Å². The summed E-state index contributed by atoms with van der Waals surface area (Å²) in [4.78, 5) is 37.6. The van der Waals surface area contributed by atoms with Crippen LogP contribution in [0.2, 0.25) is 0 Å². The van der Waals surface area contributed by atoms with Crippen molar-refractivity contribution in [3.05, 3.63) is 82.0 Å². The van der Waals surface area contributed by atoms with Crippen LogP contribution in [0, 0.1) is 16.0 Å². The van der Waals surface area contributed by atoms with Crippen LogP contribution in [-0.4, -0.2) is 35.0 Å². The van der Waals surface area contributed by atoms with Gasteiger partial charge in [-0.15, -0.1) is 10.1 Å². The first-order valence-electron chi connectivity index (χ1n) is 14.7. The van der Waals surface area contributed by atoms with Crippen LogP contribution in [0.3, 0.4) is 0 Å². The highest BCUT2D eigenvalue weighted by Crippen LogP contribution is 2.37. The molecule has 1 aliphatic rings. The predicted molar refractivity (Wildman–Crippen MR) is 158 cm³/mol. The molecule has 10 heteroatoms. The van der Waals surface area contributed by atoms with Gasteiger partial charge < -0.3 is 19.1 Å². The van der Waals surface area contributed by atoms with E-state index in [1.807, 2.05) is 54.6 Å². The van der Waals surface area contributed by atoms with Gasteiger partial charge >= 0.3 is 5.97 Å². The number of rotatable bonds is 16. The second-order valence-corrected chi connectivity index (χ2v) is 10.6. The Labute approximate surface area is 246 Å². The lowest BCUT2D eigenvalue weighted by molar-refractivity contribution is -0.757. The van der Waals surface area contributed by atoms with Gasteiger partial charge in [0.05, 0.1) is 24.4 Å². The topological polar surface area (TPSA) is 122 Å². The minimum atomic E-state index is -0.791. The zero-order chi connectivity index (χ0) is 29.6. The van der Waals surface area contributed by atoms with E-state index < -0.39 is 11.1 Å². The van der Waals surface area contributed by atoms with Gasteiger partial charge in [-0.3, -0.25) is 0 Å². The lowest BCUT2D eigenvalue weighted by atomic mass is 9.83. The highest BCUT2D eigenvalue weighted by molar-refractivity contribution is 6.35. The highest BCUT2D eigenvalue weighted by Gasteiger charge is 2.27. The van der Waals surface area contributed by atoms with Crippen LogP contribution >= 0.6 is 0 Å². The molecule has 0 saturated heterocycles. The van der Waals surface area contributed by atoms with Crippen molar-refractivity contribution in [2.75, 3.05) is 13.2 Å². The van der Waals surface area contributed by atoms with Crippen LogP contribution in [0.4, 0.5) is 0 Å². The molecule has 1 unspecified atom stereocenters. The number of benzene rings is 2. The van der Waals surface area contributed by atoms with Crippen molar-refractivity contribution in [3.63, 3.8) is 0 Å². The molecule has 2 aromatic carbocycles. The van der Waals surface area contributed by atoms with Crippen molar-refractivity contribution in [3.8, 4) is 5.75 Å². The molecule has 1 fully saturated rings. The molecular weight excluding hydrogens is 538 g/mol. The summed E-state index contributed by atoms with van der Waals surface area (Å²) in [6, 6.07) is 19.9. The fraction of sp³-hybridized carbons (Fsp3) is 0.469. The second-order valence-electron chi connectivity index (χ2n) is 10.6. The van der Waals surface area contributed by atoms with Gasteiger partial charge in [0.1, 0.15) is 12.4 Å². The van der Waals surface area contributed by atoms with Crippen molar-refractivity contribution >= 4 is 22.6 Å². The van der Waals surface area contributed by atoms with Crippen LogP contribution in [0.25, 0.3) is 10.9 Å². The molecule has 1 saturated carbocycles. The van der Waals surface area contributed by atoms with E-state index in [4.69, 9.17) is 14.3 Å². The van der Waals surface area contributed by atoms with Crippen LogP contribution in [0.1, 0.15) is 82.1 Å². The number of para-hydroxylation sites is 1. The minimum Gasteiger partial charge on any atom is -0.487 e. The van der Waals surface area contributed by atoms with Gasteiger partial charge in [-0.1, -0.05) is 67.2 Å². The number of esters is 1. The predicted octanol–water partition coefficient (Wildman–Crippen LogP) is 7.14. The van der Waals surface area contributed by atoms with Crippen molar-refractivity contribution < 1.29 is 29.0 Å². The highest BCUT2D eigenvalue weighted by atomic mass is 16.9. The Hall–Kier alpha value is -4.21. The maximum Gasteiger partial charge on any atom is 0.355 e. The maximum absolute atomic E-state index is 12.4. The fourth-order valence-corrected chi connectivity index (χ4v) is 5.09. The maximum atomic E-state index is 12.4. The zero-order valence-electron chi connectivity index (χ0n) is 24.1. The number of nitrogens with zero attached hydrogens (tertiary/aromatic N) is 3. The van der Waals surface area contributed by atoms with Crippen molar-refractivity contribution in [2.24, 2.45) is 11.1 Å². The number of hydrogen-bond acceptors (Lipinski definition) is 9. The van der Waals surface area contributed by atoms with Gasteiger partial charge in [-0.25, -0.2) is 9.78 Å². The van der Waals surface area contributed by atoms with Crippen molar-refractivity contribution in [1.82, 2.24) is 4.98 Å². The first-order chi connectivity index (χ1) is 20.5. The van der Waals surface area contributed by atoms with E-state index in [0.29, 0.717) is 25.4 Å². The summed E-state index contributed by atoms with van der Waals surface area (Å²) in [5.74, 6) is 0.531. The molecule has 1 aliphatic carbocycles. The number of unbranched alkanes of at least 4 members (excludes halogenated alkanes) is 3. The van der Waals surface area contributed by atoms with Crippen molar-refractivity contribution in [1.29, 1.82) is 0 Å².